The number of hydrogen-bond acceptors (Lipinski definition) is 3. The fourth-order valence-electron chi connectivity index (χ4n) is 2.14. The van der Waals surface area contributed by atoms with Crippen LogP contribution in [0.5, 0.6) is 0 Å². The molecule has 0 radical (unpaired) electrons. The highest BCUT2D eigenvalue weighted by atomic mass is 19.1. The third kappa shape index (κ3) is 4.14. The SMILES string of the molecule is CCN(CC)CCNC(=O)c1ccn(-c2ccc(F)cc2)n1. The normalized spacial score (nSPS) is 10.9. The summed E-state index contributed by atoms with van der Waals surface area (Å²) in [5.41, 5.74) is 1.06. The van der Waals surface area contributed by atoms with Gasteiger partial charge in [-0.1, -0.05) is 13.8 Å². The number of nitrogens with one attached hydrogen (secondary N) is 1. The number of aromatic nitrogens is 2. The molecule has 1 N–H and O–H groups in total. The van der Waals surface area contributed by atoms with E-state index in [-0.39, 0.29) is 11.7 Å². The van der Waals surface area contributed by atoms with Crippen LogP contribution in [0.4, 0.5) is 4.39 Å². The fraction of sp³-hybridized carbons (Fsp3) is 0.375. The second kappa shape index (κ2) is 7.70. The van der Waals surface area contributed by atoms with Gasteiger partial charge < -0.3 is 10.2 Å². The maximum absolute atomic E-state index is 12.9. The zero-order valence-corrected chi connectivity index (χ0v) is 12.9. The van der Waals surface area contributed by atoms with Crippen molar-refractivity contribution in [3.63, 3.8) is 0 Å². The Balaban J connectivity index is 1.93. The van der Waals surface area contributed by atoms with Gasteiger partial charge in [0, 0.05) is 19.3 Å². The molecule has 1 amide bonds. The van der Waals surface area contributed by atoms with E-state index in [0.29, 0.717) is 17.9 Å². The molecule has 0 spiro atoms. The standard InChI is InChI=1S/C16H21FN4O/c1-3-20(4-2)12-10-18-16(22)15-9-11-21(19-15)14-7-5-13(17)6-8-14/h5-9,11H,3-4,10,12H2,1-2H3,(H,18,22). The molecule has 0 aliphatic rings. The van der Waals surface area contributed by atoms with Gasteiger partial charge in [-0.15, -0.1) is 0 Å². The Bertz CT molecular complexity index is 605. The Labute approximate surface area is 129 Å². The Morgan fingerprint density at radius 3 is 2.55 bits per heavy atom. The Morgan fingerprint density at radius 1 is 1.23 bits per heavy atom. The Hall–Kier alpha value is -2.21. The van der Waals surface area contributed by atoms with Crippen molar-refractivity contribution < 1.29 is 9.18 Å². The lowest BCUT2D eigenvalue weighted by atomic mass is 10.3. The van der Waals surface area contributed by atoms with Crippen LogP contribution in [0.1, 0.15) is 24.3 Å². The van der Waals surface area contributed by atoms with Gasteiger partial charge in [0.15, 0.2) is 5.69 Å². The third-order valence-electron chi connectivity index (χ3n) is 3.52. The molecule has 0 fully saturated rings. The van der Waals surface area contributed by atoms with E-state index in [0.717, 1.165) is 19.6 Å². The van der Waals surface area contributed by atoms with Gasteiger partial charge in [-0.05, 0) is 43.4 Å². The average molecular weight is 304 g/mol. The molecule has 0 unspecified atom stereocenters. The summed E-state index contributed by atoms with van der Waals surface area (Å²) in [5.74, 6) is -0.502. The highest BCUT2D eigenvalue weighted by molar-refractivity contribution is 5.92. The Kier molecular flexibility index (Phi) is 5.66. The van der Waals surface area contributed by atoms with Crippen LogP contribution in [0.15, 0.2) is 36.5 Å². The van der Waals surface area contributed by atoms with E-state index in [1.54, 1.807) is 29.1 Å². The molecular formula is C16H21FN4O. The quantitative estimate of drug-likeness (QED) is 0.852. The number of carbonyl (C=O) groups excluding carboxylic acids is 1. The van der Waals surface area contributed by atoms with E-state index in [1.165, 1.54) is 12.1 Å². The maximum Gasteiger partial charge on any atom is 0.271 e. The lowest BCUT2D eigenvalue weighted by Gasteiger charge is -2.17. The molecule has 2 aromatic rings. The smallest absolute Gasteiger partial charge is 0.271 e. The van der Waals surface area contributed by atoms with Gasteiger partial charge in [0.25, 0.3) is 5.91 Å². The van der Waals surface area contributed by atoms with Crippen LogP contribution in [-0.2, 0) is 0 Å². The average Bonchev–Trinajstić information content (AvgIpc) is 3.02. The molecule has 2 rings (SSSR count). The fourth-order valence-corrected chi connectivity index (χ4v) is 2.14. The topological polar surface area (TPSA) is 50.2 Å². The molecule has 0 bridgehead atoms. The number of likely N-dealkylation sites (N-methyl/N-ethyl adjacent to an activating group) is 1. The molecule has 0 aliphatic carbocycles. The molecule has 1 aromatic heterocycles. The van der Waals surface area contributed by atoms with E-state index in [2.05, 4.69) is 29.2 Å². The minimum absolute atomic E-state index is 0.201. The predicted octanol–water partition coefficient (Wildman–Crippen LogP) is 2.08. The summed E-state index contributed by atoms with van der Waals surface area (Å²) >= 11 is 0. The van der Waals surface area contributed by atoms with E-state index >= 15 is 0 Å². The van der Waals surface area contributed by atoms with E-state index in [9.17, 15) is 9.18 Å². The van der Waals surface area contributed by atoms with E-state index < -0.39 is 0 Å². The highest BCUT2D eigenvalue weighted by Gasteiger charge is 2.10. The summed E-state index contributed by atoms with van der Waals surface area (Å²) in [5, 5.41) is 7.07. The van der Waals surface area contributed by atoms with Crippen molar-refractivity contribution in [2.75, 3.05) is 26.2 Å². The minimum Gasteiger partial charge on any atom is -0.349 e. The van der Waals surface area contributed by atoms with Crippen molar-refractivity contribution >= 4 is 5.91 Å². The summed E-state index contributed by atoms with van der Waals surface area (Å²) in [7, 11) is 0. The first kappa shape index (κ1) is 16.2. The van der Waals surface area contributed by atoms with Gasteiger partial charge in [0.2, 0.25) is 0 Å². The number of benzene rings is 1. The van der Waals surface area contributed by atoms with E-state index in [4.69, 9.17) is 0 Å². The van der Waals surface area contributed by atoms with Crippen LogP contribution in [-0.4, -0.2) is 46.8 Å². The number of amides is 1. The molecule has 0 saturated heterocycles. The van der Waals surface area contributed by atoms with Gasteiger partial charge in [0.1, 0.15) is 5.82 Å². The van der Waals surface area contributed by atoms with Crippen LogP contribution in [0.3, 0.4) is 0 Å². The molecule has 5 nitrogen and oxygen atoms in total. The number of carbonyl (C=O) groups is 1. The molecule has 0 atom stereocenters. The molecule has 22 heavy (non-hydrogen) atoms. The van der Waals surface area contributed by atoms with Crippen molar-refractivity contribution in [3.05, 3.63) is 48.0 Å². The van der Waals surface area contributed by atoms with Gasteiger partial charge in [-0.3, -0.25) is 4.79 Å². The summed E-state index contributed by atoms with van der Waals surface area (Å²) in [6.07, 6.45) is 1.69. The van der Waals surface area contributed by atoms with Crippen LogP contribution in [0.2, 0.25) is 0 Å². The zero-order chi connectivity index (χ0) is 15.9. The molecule has 1 heterocycles. The largest absolute Gasteiger partial charge is 0.349 e. The first-order valence-corrected chi connectivity index (χ1v) is 7.46. The summed E-state index contributed by atoms with van der Waals surface area (Å²) < 4.78 is 14.5. The first-order chi connectivity index (χ1) is 10.6. The second-order valence-electron chi connectivity index (χ2n) is 4.90. The van der Waals surface area contributed by atoms with Crippen molar-refractivity contribution in [1.82, 2.24) is 20.0 Å². The lowest BCUT2D eigenvalue weighted by Crippen LogP contribution is -2.35. The molecule has 0 saturated carbocycles. The molecule has 1 aromatic carbocycles. The third-order valence-corrected chi connectivity index (χ3v) is 3.52. The van der Waals surface area contributed by atoms with Crippen molar-refractivity contribution in [3.8, 4) is 5.69 Å². The van der Waals surface area contributed by atoms with Crippen LogP contribution >= 0.6 is 0 Å². The monoisotopic (exact) mass is 304 g/mol. The lowest BCUT2D eigenvalue weighted by molar-refractivity contribution is 0.0943. The van der Waals surface area contributed by atoms with Crippen LogP contribution in [0, 0.1) is 5.82 Å². The summed E-state index contributed by atoms with van der Waals surface area (Å²) in [4.78, 5) is 14.3. The predicted molar refractivity (Wildman–Crippen MR) is 83.6 cm³/mol. The van der Waals surface area contributed by atoms with E-state index in [1.807, 2.05) is 0 Å². The van der Waals surface area contributed by atoms with Crippen molar-refractivity contribution in [2.45, 2.75) is 13.8 Å². The first-order valence-electron chi connectivity index (χ1n) is 7.46. The highest BCUT2D eigenvalue weighted by Crippen LogP contribution is 2.08. The second-order valence-corrected chi connectivity index (χ2v) is 4.90. The van der Waals surface area contributed by atoms with Gasteiger partial charge >= 0.3 is 0 Å². The van der Waals surface area contributed by atoms with Crippen LogP contribution in [0.25, 0.3) is 5.69 Å². The molecular weight excluding hydrogens is 283 g/mol. The summed E-state index contributed by atoms with van der Waals surface area (Å²) in [6, 6.07) is 7.60. The van der Waals surface area contributed by atoms with Gasteiger partial charge in [-0.2, -0.15) is 5.10 Å². The van der Waals surface area contributed by atoms with Crippen LogP contribution < -0.4 is 5.32 Å². The molecule has 6 heteroatoms. The molecule has 118 valence electrons. The Morgan fingerprint density at radius 2 is 1.91 bits per heavy atom. The summed E-state index contributed by atoms with van der Waals surface area (Å²) in [6.45, 7) is 7.52. The number of rotatable bonds is 7. The van der Waals surface area contributed by atoms with Gasteiger partial charge in [0.05, 0.1) is 5.69 Å². The minimum atomic E-state index is -0.301. The van der Waals surface area contributed by atoms with Gasteiger partial charge in [-0.25, -0.2) is 9.07 Å². The van der Waals surface area contributed by atoms with Crippen molar-refractivity contribution in [2.24, 2.45) is 0 Å². The number of hydrogen-bond donors (Lipinski definition) is 1. The number of halogens is 1. The zero-order valence-electron chi connectivity index (χ0n) is 12.9. The maximum atomic E-state index is 12.9. The number of nitrogens with zero attached hydrogens (tertiary/aromatic N) is 3. The molecule has 0 aliphatic heterocycles. The van der Waals surface area contributed by atoms with Crippen molar-refractivity contribution in [1.29, 1.82) is 0 Å².